The Labute approximate surface area is 370 Å². The monoisotopic (exact) mass is 868 g/mol. The van der Waals surface area contributed by atoms with Crippen LogP contribution in [-0.4, -0.2) is 138 Å². The van der Waals surface area contributed by atoms with Crippen LogP contribution in [0.4, 0.5) is 5.69 Å². The van der Waals surface area contributed by atoms with Crippen LogP contribution < -0.4 is 15.6 Å². The van der Waals surface area contributed by atoms with Crippen molar-refractivity contribution in [3.63, 3.8) is 0 Å². The number of rotatable bonds is 9. The average molecular weight is 869 g/mol. The summed E-state index contributed by atoms with van der Waals surface area (Å²) in [5.41, 5.74) is 8.72. The van der Waals surface area contributed by atoms with Gasteiger partial charge in [0.05, 0.1) is 42.7 Å². The third kappa shape index (κ3) is 9.63. The summed E-state index contributed by atoms with van der Waals surface area (Å²) in [4.78, 5) is 78.2. The maximum absolute atomic E-state index is 14.5. The lowest BCUT2D eigenvalue weighted by Crippen LogP contribution is -2.62. The lowest BCUT2D eigenvalue weighted by molar-refractivity contribution is -0.156. The average Bonchev–Trinajstić information content (AvgIpc) is 3.91. The Hall–Kier alpha value is -5.32. The Morgan fingerprint density at radius 1 is 1.13 bits per heavy atom. The fraction of sp³-hybridized carbons (Fsp3) is 0.574. The Balaban J connectivity index is 1.23. The summed E-state index contributed by atoms with van der Waals surface area (Å²) in [6.45, 7) is 16.9. The maximum atomic E-state index is 14.5. The molecule has 6 bridgehead atoms. The number of likely N-dealkylation sites (tertiary alicyclic amines) is 1. The number of fused-ring (bicyclic) bond motifs is 6. The highest BCUT2D eigenvalue weighted by molar-refractivity contribution is 5.95. The standard InChI is InChI=1S/C47H64N8O8/c1-9-40(56)53-20-17-31(26-53)44(58)51(7)29(3)43(57)49-38-24-33-27-52(21-22-62-33)32-15-16-39-35(23-32)36(42(54(39)10-2)34-13-11-18-48-41(34)30(4)61-8)25-47(5,6)28-63-46(60)37-14-12-19-55(50-37)45(38)59/h9,11,13,15-16,18,23,29-31,33,37-38,50H,1,10,12,14,17,19-22,24-28H2,2-8H3,(H,49,57)/t29?,30-,31-,33-,37-,38-/m0/s1. The molecule has 4 amide bonds. The molecular weight excluding hydrogens is 805 g/mol. The quantitative estimate of drug-likeness (QED) is 0.236. The van der Waals surface area contributed by atoms with E-state index in [1.807, 2.05) is 13.0 Å². The lowest BCUT2D eigenvalue weighted by atomic mass is 9.84. The minimum Gasteiger partial charge on any atom is -0.464 e. The van der Waals surface area contributed by atoms with Gasteiger partial charge in [-0.1, -0.05) is 20.4 Å². The number of morpholine rings is 1. The number of esters is 1. The molecule has 4 aliphatic heterocycles. The van der Waals surface area contributed by atoms with Crippen molar-refractivity contribution < 1.29 is 38.2 Å². The Bertz CT molecular complexity index is 2220. The van der Waals surface area contributed by atoms with Crippen molar-refractivity contribution in [3.8, 4) is 11.3 Å². The van der Waals surface area contributed by atoms with E-state index in [1.165, 1.54) is 16.0 Å². The van der Waals surface area contributed by atoms with Gasteiger partial charge in [0.1, 0.15) is 18.1 Å². The number of cyclic esters (lactones) is 1. The third-order valence-corrected chi connectivity index (χ3v) is 13.2. The second-order valence-corrected chi connectivity index (χ2v) is 18.2. The van der Waals surface area contributed by atoms with Crippen LogP contribution in [0.5, 0.6) is 0 Å². The van der Waals surface area contributed by atoms with Gasteiger partial charge in [-0.15, -0.1) is 0 Å². The van der Waals surface area contributed by atoms with Gasteiger partial charge >= 0.3 is 5.97 Å². The van der Waals surface area contributed by atoms with Crippen molar-refractivity contribution in [1.29, 1.82) is 0 Å². The van der Waals surface area contributed by atoms with Crippen LogP contribution in [0.25, 0.3) is 22.2 Å². The number of aromatic nitrogens is 2. The number of hydrogen-bond acceptors (Lipinski definition) is 11. The first kappa shape index (κ1) is 45.7. The predicted molar refractivity (Wildman–Crippen MR) is 238 cm³/mol. The van der Waals surface area contributed by atoms with Crippen LogP contribution >= 0.6 is 0 Å². The molecule has 2 N–H and O–H groups in total. The summed E-state index contributed by atoms with van der Waals surface area (Å²) in [7, 11) is 3.26. The topological polar surface area (TPSA) is 168 Å². The first-order valence-electron chi connectivity index (χ1n) is 22.4. The SMILES string of the molecule is C=CC(=O)N1CC[C@H](C(=O)N(C)C(C)C(=O)N[C@H]2C[C@H]3CN(CCO3)c3ccc4c(c3)c(c(-c3cccnc3[C@H](C)OC)n4CC)CC(C)(C)COC(=O)[C@@H]3CCCN(N3)C2=O)C1. The van der Waals surface area contributed by atoms with E-state index < -0.39 is 53.3 Å². The van der Waals surface area contributed by atoms with E-state index in [9.17, 15) is 24.0 Å². The van der Waals surface area contributed by atoms with Gasteiger partial charge in [-0.05, 0) is 88.4 Å². The fourth-order valence-corrected chi connectivity index (χ4v) is 9.50. The molecule has 340 valence electrons. The lowest BCUT2D eigenvalue weighted by Gasteiger charge is -2.39. The van der Waals surface area contributed by atoms with Crippen molar-refractivity contribution >= 4 is 46.2 Å². The number of hydrogen-bond donors (Lipinski definition) is 2. The van der Waals surface area contributed by atoms with Crippen LogP contribution in [0, 0.1) is 11.3 Å². The molecule has 0 spiro atoms. The van der Waals surface area contributed by atoms with E-state index in [0.717, 1.165) is 39.1 Å². The number of amides is 4. The zero-order chi connectivity index (χ0) is 45.2. The number of likely N-dealkylation sites (N-methyl/N-ethyl adjacent to an activating group) is 1. The summed E-state index contributed by atoms with van der Waals surface area (Å²) in [5, 5.41) is 5.48. The molecule has 2 aromatic heterocycles. The van der Waals surface area contributed by atoms with E-state index >= 15 is 0 Å². The molecule has 0 aliphatic carbocycles. The largest absolute Gasteiger partial charge is 0.464 e. The van der Waals surface area contributed by atoms with Crippen molar-refractivity contribution in [2.75, 3.05) is 65.0 Å². The molecule has 16 nitrogen and oxygen atoms in total. The van der Waals surface area contributed by atoms with Crippen molar-refractivity contribution in [2.45, 2.75) is 104 Å². The van der Waals surface area contributed by atoms with E-state index in [2.05, 4.69) is 71.8 Å². The molecule has 6 atom stereocenters. The van der Waals surface area contributed by atoms with Gasteiger partial charge in [0.15, 0.2) is 0 Å². The van der Waals surface area contributed by atoms with E-state index in [0.29, 0.717) is 65.0 Å². The number of methoxy groups -OCH3 is 1. The molecule has 63 heavy (non-hydrogen) atoms. The molecule has 4 aliphatic rings. The zero-order valence-electron chi connectivity index (χ0n) is 37.9. The second kappa shape index (κ2) is 19.2. The van der Waals surface area contributed by atoms with Crippen LogP contribution in [-0.2, 0) is 51.1 Å². The Kier molecular flexibility index (Phi) is 13.9. The van der Waals surface area contributed by atoms with Gasteiger partial charge in [-0.2, -0.15) is 0 Å². The van der Waals surface area contributed by atoms with Gasteiger partial charge < -0.3 is 38.8 Å². The molecule has 1 unspecified atom stereocenters. The van der Waals surface area contributed by atoms with Crippen LogP contribution in [0.1, 0.15) is 77.7 Å². The Morgan fingerprint density at radius 2 is 1.92 bits per heavy atom. The first-order valence-corrected chi connectivity index (χ1v) is 22.4. The van der Waals surface area contributed by atoms with Crippen molar-refractivity contribution in [1.82, 2.24) is 35.1 Å². The second-order valence-electron chi connectivity index (χ2n) is 18.2. The maximum Gasteiger partial charge on any atom is 0.324 e. The highest BCUT2D eigenvalue weighted by Crippen LogP contribution is 2.42. The van der Waals surface area contributed by atoms with Gasteiger partial charge in [-0.3, -0.25) is 34.0 Å². The van der Waals surface area contributed by atoms with Gasteiger partial charge in [-0.25, -0.2) is 5.43 Å². The normalized spacial score (nSPS) is 24.0. The molecule has 16 heteroatoms. The third-order valence-electron chi connectivity index (χ3n) is 13.2. The van der Waals surface area contributed by atoms with E-state index in [4.69, 9.17) is 19.2 Å². The molecule has 7 rings (SSSR count). The van der Waals surface area contributed by atoms with Crippen LogP contribution in [0.3, 0.4) is 0 Å². The summed E-state index contributed by atoms with van der Waals surface area (Å²) < 4.78 is 20.6. The minimum atomic E-state index is -1.04. The fourth-order valence-electron chi connectivity index (χ4n) is 9.50. The summed E-state index contributed by atoms with van der Waals surface area (Å²) >= 11 is 0. The molecule has 3 saturated heterocycles. The summed E-state index contributed by atoms with van der Waals surface area (Å²) in [5.74, 6) is -2.31. The number of pyridine rings is 1. The number of anilines is 1. The molecule has 3 fully saturated rings. The first-order chi connectivity index (χ1) is 30.1. The smallest absolute Gasteiger partial charge is 0.324 e. The van der Waals surface area contributed by atoms with Crippen molar-refractivity contribution in [2.24, 2.45) is 11.3 Å². The van der Waals surface area contributed by atoms with Crippen LogP contribution in [0.2, 0.25) is 0 Å². The number of benzene rings is 1. The number of carbonyl (C=O) groups is 5. The highest BCUT2D eigenvalue weighted by Gasteiger charge is 2.39. The number of aryl methyl sites for hydroxylation is 1. The molecule has 3 aromatic rings. The Morgan fingerprint density at radius 3 is 2.67 bits per heavy atom. The number of carbonyl (C=O) groups excluding carboxylic acids is 5. The molecule has 0 radical (unpaired) electrons. The number of hydrazine groups is 1. The molecular formula is C47H64N8O8. The highest BCUT2D eigenvalue weighted by atomic mass is 16.5. The summed E-state index contributed by atoms with van der Waals surface area (Å²) in [6, 6.07) is 7.85. The number of nitrogens with one attached hydrogen (secondary N) is 2. The molecule has 0 saturated carbocycles. The van der Waals surface area contributed by atoms with Crippen LogP contribution in [0.15, 0.2) is 49.2 Å². The van der Waals surface area contributed by atoms with E-state index in [1.54, 1.807) is 32.2 Å². The van der Waals surface area contributed by atoms with Gasteiger partial charge in [0.25, 0.3) is 5.91 Å². The van der Waals surface area contributed by atoms with Gasteiger partial charge in [0.2, 0.25) is 17.7 Å². The van der Waals surface area contributed by atoms with Crippen molar-refractivity contribution in [3.05, 3.63) is 60.4 Å². The number of nitrogens with zero attached hydrogens (tertiary/aromatic N) is 6. The molecule has 6 heterocycles. The molecule has 1 aromatic carbocycles. The van der Waals surface area contributed by atoms with Gasteiger partial charge in [0, 0.05) is 93.6 Å². The zero-order valence-corrected chi connectivity index (χ0v) is 37.9. The van der Waals surface area contributed by atoms with E-state index in [-0.39, 0.29) is 37.5 Å². The number of ether oxygens (including phenoxy) is 3. The minimum absolute atomic E-state index is 0.141. The predicted octanol–water partition coefficient (Wildman–Crippen LogP) is 4.01. The summed E-state index contributed by atoms with van der Waals surface area (Å²) in [6.07, 6.45) is 4.58.